The van der Waals surface area contributed by atoms with Gasteiger partial charge in [0.2, 0.25) is 0 Å². The van der Waals surface area contributed by atoms with Gasteiger partial charge in [0.15, 0.2) is 0 Å². The van der Waals surface area contributed by atoms with Crippen LogP contribution in [0.25, 0.3) is 10.9 Å². The number of ketones is 1. The Labute approximate surface area is 168 Å². The molecule has 1 amide bonds. The number of rotatable bonds is 5. The molecule has 0 atom stereocenters. The van der Waals surface area contributed by atoms with Gasteiger partial charge in [0, 0.05) is 27.7 Å². The van der Waals surface area contributed by atoms with Crippen molar-refractivity contribution in [3.63, 3.8) is 0 Å². The van der Waals surface area contributed by atoms with Crippen LogP contribution in [0.2, 0.25) is 0 Å². The number of nitrogens with zero attached hydrogens (tertiary/aromatic N) is 1. The minimum Gasteiger partial charge on any atom is -0.358 e. The van der Waals surface area contributed by atoms with Crippen LogP contribution in [-0.2, 0) is 4.79 Å². The molecule has 2 N–H and O–H groups in total. The Hall–Kier alpha value is -3.99. The van der Waals surface area contributed by atoms with Crippen LogP contribution < -0.4 is 5.43 Å². The van der Waals surface area contributed by atoms with Gasteiger partial charge in [-0.1, -0.05) is 78.9 Å². The summed E-state index contributed by atoms with van der Waals surface area (Å²) in [6.07, 6.45) is 0. The number of amides is 1. The van der Waals surface area contributed by atoms with Crippen molar-refractivity contribution in [3.8, 4) is 0 Å². The normalized spacial score (nSPS) is 10.5. The Bertz CT molecular complexity index is 1170. The third kappa shape index (κ3) is 3.71. The zero-order valence-corrected chi connectivity index (χ0v) is 15.8. The fourth-order valence-electron chi connectivity index (χ4n) is 3.33. The Morgan fingerprint density at radius 3 is 1.97 bits per heavy atom. The first-order valence-electron chi connectivity index (χ1n) is 9.25. The van der Waals surface area contributed by atoms with Crippen LogP contribution in [0.15, 0.2) is 90.0 Å². The lowest BCUT2D eigenvalue weighted by Gasteiger charge is -2.08. The lowest BCUT2D eigenvalue weighted by molar-refractivity contribution is -0.116. The summed E-state index contributed by atoms with van der Waals surface area (Å²) >= 11 is 0. The van der Waals surface area contributed by atoms with Crippen LogP contribution in [0.1, 0.15) is 27.2 Å². The summed E-state index contributed by atoms with van der Waals surface area (Å²) in [7, 11) is 0. The van der Waals surface area contributed by atoms with Gasteiger partial charge in [-0.2, -0.15) is 5.10 Å². The van der Waals surface area contributed by atoms with E-state index in [1.807, 2.05) is 84.9 Å². The van der Waals surface area contributed by atoms with Crippen molar-refractivity contribution in [2.45, 2.75) is 6.92 Å². The highest BCUT2D eigenvalue weighted by Crippen LogP contribution is 2.22. The molecule has 0 fully saturated rings. The first kappa shape index (κ1) is 18.4. The van der Waals surface area contributed by atoms with E-state index in [0.717, 1.165) is 22.0 Å². The van der Waals surface area contributed by atoms with E-state index in [4.69, 9.17) is 0 Å². The standard InChI is InChI=1S/C24H19N3O2/c1-16-21(19-14-8-9-15-20(19)25-16)23(28)24(29)27-26-22(17-10-4-2-5-11-17)18-12-6-3-7-13-18/h2-15,25H,1H3,(H,27,29). The maximum Gasteiger partial charge on any atom is 0.312 e. The molecule has 0 aliphatic heterocycles. The smallest absolute Gasteiger partial charge is 0.312 e. The molecule has 5 nitrogen and oxygen atoms in total. The number of aromatic amines is 1. The van der Waals surface area contributed by atoms with E-state index >= 15 is 0 Å². The van der Waals surface area contributed by atoms with Crippen molar-refractivity contribution in [2.75, 3.05) is 0 Å². The van der Waals surface area contributed by atoms with E-state index in [0.29, 0.717) is 17.0 Å². The summed E-state index contributed by atoms with van der Waals surface area (Å²) in [6, 6.07) is 26.5. The molecule has 1 aromatic heterocycles. The van der Waals surface area contributed by atoms with Crippen LogP contribution in [-0.4, -0.2) is 22.4 Å². The molecule has 0 radical (unpaired) electrons. The van der Waals surface area contributed by atoms with Crippen LogP contribution in [0.5, 0.6) is 0 Å². The predicted molar refractivity (Wildman–Crippen MR) is 114 cm³/mol. The number of benzene rings is 3. The van der Waals surface area contributed by atoms with Gasteiger partial charge in [0.05, 0.1) is 11.3 Å². The zero-order valence-electron chi connectivity index (χ0n) is 15.8. The van der Waals surface area contributed by atoms with Crippen molar-refractivity contribution in [1.82, 2.24) is 10.4 Å². The molecule has 0 bridgehead atoms. The molecule has 3 aromatic carbocycles. The molecular weight excluding hydrogens is 362 g/mol. The Kier molecular flexibility index (Phi) is 5.03. The molecule has 0 aliphatic rings. The lowest BCUT2D eigenvalue weighted by Crippen LogP contribution is -2.28. The number of aryl methyl sites for hydroxylation is 1. The number of hydrogen-bond acceptors (Lipinski definition) is 3. The first-order valence-corrected chi connectivity index (χ1v) is 9.25. The van der Waals surface area contributed by atoms with Crippen LogP contribution in [0.3, 0.4) is 0 Å². The summed E-state index contributed by atoms with van der Waals surface area (Å²) in [5, 5.41) is 5.01. The summed E-state index contributed by atoms with van der Waals surface area (Å²) < 4.78 is 0. The van der Waals surface area contributed by atoms with Gasteiger partial charge in [-0.05, 0) is 13.0 Å². The van der Waals surface area contributed by atoms with Gasteiger partial charge in [-0.3, -0.25) is 9.59 Å². The van der Waals surface area contributed by atoms with E-state index < -0.39 is 11.7 Å². The van der Waals surface area contributed by atoms with Crippen molar-refractivity contribution >= 4 is 28.3 Å². The number of carbonyl (C=O) groups is 2. The molecule has 4 aromatic rings. The monoisotopic (exact) mass is 381 g/mol. The van der Waals surface area contributed by atoms with E-state index in [-0.39, 0.29) is 0 Å². The molecule has 1 heterocycles. The number of hydrazone groups is 1. The Morgan fingerprint density at radius 1 is 0.793 bits per heavy atom. The third-order valence-corrected chi connectivity index (χ3v) is 4.69. The largest absolute Gasteiger partial charge is 0.358 e. The molecule has 0 unspecified atom stereocenters. The quantitative estimate of drug-likeness (QED) is 0.235. The lowest BCUT2D eigenvalue weighted by atomic mass is 10.0. The highest BCUT2D eigenvalue weighted by atomic mass is 16.2. The molecule has 0 saturated carbocycles. The van der Waals surface area contributed by atoms with Gasteiger partial charge in [-0.25, -0.2) is 5.43 Å². The average molecular weight is 381 g/mol. The third-order valence-electron chi connectivity index (χ3n) is 4.69. The number of fused-ring (bicyclic) bond motifs is 1. The molecule has 0 spiro atoms. The van der Waals surface area contributed by atoms with E-state index in [9.17, 15) is 9.59 Å². The number of Topliss-reactive ketones (excluding diaryl/α,β-unsaturated/α-hetero) is 1. The van der Waals surface area contributed by atoms with Crippen LogP contribution in [0.4, 0.5) is 0 Å². The molecule has 29 heavy (non-hydrogen) atoms. The highest BCUT2D eigenvalue weighted by molar-refractivity contribution is 6.45. The Balaban J connectivity index is 1.66. The van der Waals surface area contributed by atoms with Crippen molar-refractivity contribution in [1.29, 1.82) is 0 Å². The molecular formula is C24H19N3O2. The molecule has 0 aliphatic carbocycles. The predicted octanol–water partition coefficient (Wildman–Crippen LogP) is 4.23. The van der Waals surface area contributed by atoms with Crippen molar-refractivity contribution in [3.05, 3.63) is 107 Å². The highest BCUT2D eigenvalue weighted by Gasteiger charge is 2.22. The zero-order chi connectivity index (χ0) is 20.2. The molecule has 5 heteroatoms. The van der Waals surface area contributed by atoms with E-state index in [1.165, 1.54) is 0 Å². The number of H-pyrrole nitrogens is 1. The number of aromatic nitrogens is 1. The van der Waals surface area contributed by atoms with Crippen molar-refractivity contribution < 1.29 is 9.59 Å². The topological polar surface area (TPSA) is 74.3 Å². The second kappa shape index (κ2) is 7.94. The van der Waals surface area contributed by atoms with Gasteiger partial charge in [-0.15, -0.1) is 0 Å². The van der Waals surface area contributed by atoms with Gasteiger partial charge in [0.1, 0.15) is 0 Å². The fraction of sp³-hybridized carbons (Fsp3) is 0.0417. The molecule has 0 saturated heterocycles. The first-order chi connectivity index (χ1) is 14.1. The minimum atomic E-state index is -0.776. The number of nitrogens with one attached hydrogen (secondary N) is 2. The fourth-order valence-corrected chi connectivity index (χ4v) is 3.33. The number of para-hydroxylation sites is 1. The molecule has 4 rings (SSSR count). The van der Waals surface area contributed by atoms with E-state index in [2.05, 4.69) is 15.5 Å². The number of hydrogen-bond donors (Lipinski definition) is 2. The van der Waals surface area contributed by atoms with Gasteiger partial charge >= 0.3 is 5.91 Å². The second-order valence-corrected chi connectivity index (χ2v) is 6.63. The Morgan fingerprint density at radius 2 is 1.34 bits per heavy atom. The second-order valence-electron chi connectivity index (χ2n) is 6.63. The van der Waals surface area contributed by atoms with Crippen LogP contribution >= 0.6 is 0 Å². The van der Waals surface area contributed by atoms with E-state index in [1.54, 1.807) is 6.92 Å². The summed E-state index contributed by atoms with van der Waals surface area (Å²) in [4.78, 5) is 28.6. The van der Waals surface area contributed by atoms with Crippen LogP contribution in [0, 0.1) is 6.92 Å². The minimum absolute atomic E-state index is 0.370. The molecule has 142 valence electrons. The summed E-state index contributed by atoms with van der Waals surface area (Å²) in [5.41, 5.74) is 6.56. The average Bonchev–Trinajstić information content (AvgIpc) is 3.10. The van der Waals surface area contributed by atoms with Gasteiger partial charge in [0.25, 0.3) is 5.78 Å². The SMILES string of the molecule is Cc1[nH]c2ccccc2c1C(=O)C(=O)NN=C(c1ccccc1)c1ccccc1. The van der Waals surface area contributed by atoms with Gasteiger partial charge < -0.3 is 4.98 Å². The summed E-state index contributed by atoms with van der Waals surface area (Å²) in [5.74, 6) is -1.40. The number of carbonyl (C=O) groups excluding carboxylic acids is 2. The maximum atomic E-state index is 12.8. The summed E-state index contributed by atoms with van der Waals surface area (Å²) in [6.45, 7) is 1.78. The van der Waals surface area contributed by atoms with Crippen molar-refractivity contribution in [2.24, 2.45) is 5.10 Å². The maximum absolute atomic E-state index is 12.8.